The maximum Gasteiger partial charge on any atom is 0.340 e. The van der Waals surface area contributed by atoms with Gasteiger partial charge in [-0.15, -0.1) is 0 Å². The third-order valence-corrected chi connectivity index (χ3v) is 3.91. The smallest absolute Gasteiger partial charge is 0.340 e. The van der Waals surface area contributed by atoms with Gasteiger partial charge in [0.2, 0.25) is 0 Å². The second-order valence-corrected chi connectivity index (χ2v) is 5.78. The molecule has 0 saturated carbocycles. The van der Waals surface area contributed by atoms with E-state index in [2.05, 4.69) is 28.9 Å². The molecule has 6 heteroatoms. The molecule has 116 valence electrons. The zero-order valence-corrected chi connectivity index (χ0v) is 13.0. The number of anilines is 2. The number of ether oxygens (including phenoxy) is 1. The van der Waals surface area contributed by atoms with Crippen LogP contribution in [0.1, 0.15) is 23.2 Å². The molecule has 1 aromatic heterocycles. The molecule has 0 radical (unpaired) electrons. The average molecular weight is 292 g/mol. The zero-order chi connectivity index (χ0) is 15.4. The minimum atomic E-state index is -0.418. The van der Waals surface area contributed by atoms with Crippen LogP contribution < -0.4 is 10.6 Å². The molecule has 1 aliphatic heterocycles. The second kappa shape index (κ2) is 6.76. The molecular formula is C15H24N4O2. The molecule has 1 fully saturated rings. The fourth-order valence-corrected chi connectivity index (χ4v) is 2.85. The van der Waals surface area contributed by atoms with Gasteiger partial charge in [0.15, 0.2) is 5.82 Å². The summed E-state index contributed by atoms with van der Waals surface area (Å²) in [7, 11) is 5.56. The van der Waals surface area contributed by atoms with Crippen molar-refractivity contribution < 1.29 is 9.53 Å². The highest BCUT2D eigenvalue weighted by molar-refractivity contribution is 5.97. The van der Waals surface area contributed by atoms with Crippen molar-refractivity contribution in [3.8, 4) is 0 Å². The third kappa shape index (κ3) is 3.64. The minimum absolute atomic E-state index is 0.387. The number of piperidine rings is 1. The summed E-state index contributed by atoms with van der Waals surface area (Å²) in [5.74, 6) is 0.987. The van der Waals surface area contributed by atoms with E-state index in [0.29, 0.717) is 23.0 Å². The number of hydrogen-bond acceptors (Lipinski definition) is 6. The average Bonchev–Trinajstić information content (AvgIpc) is 2.47. The summed E-state index contributed by atoms with van der Waals surface area (Å²) in [5.41, 5.74) is 6.89. The van der Waals surface area contributed by atoms with E-state index in [-0.39, 0.29) is 0 Å². The lowest BCUT2D eigenvalue weighted by Crippen LogP contribution is -2.38. The Balaban J connectivity index is 2.08. The van der Waals surface area contributed by atoms with E-state index in [9.17, 15) is 4.79 Å². The Labute approximate surface area is 125 Å². The van der Waals surface area contributed by atoms with E-state index >= 15 is 0 Å². The van der Waals surface area contributed by atoms with Crippen LogP contribution in [0.5, 0.6) is 0 Å². The highest BCUT2D eigenvalue weighted by atomic mass is 16.5. The number of nitrogens with two attached hydrogens (primary N) is 1. The Hall–Kier alpha value is -1.82. The fourth-order valence-electron chi connectivity index (χ4n) is 2.85. The van der Waals surface area contributed by atoms with Crippen molar-refractivity contribution in [2.24, 2.45) is 5.92 Å². The standard InChI is InChI=1S/C15H24N4O2/c1-18(2)10-11-5-8-19(9-6-11)14-13(16)12(4-7-17-14)15(20)21-3/h4,7,11H,5-6,8-10,16H2,1-3H3. The number of nitrogens with zero attached hydrogens (tertiary/aromatic N) is 3. The van der Waals surface area contributed by atoms with Gasteiger partial charge in [0.1, 0.15) is 0 Å². The quantitative estimate of drug-likeness (QED) is 0.842. The molecule has 1 saturated heterocycles. The van der Waals surface area contributed by atoms with Gasteiger partial charge in [-0.25, -0.2) is 9.78 Å². The molecule has 6 nitrogen and oxygen atoms in total. The molecule has 2 rings (SSSR count). The Morgan fingerprint density at radius 1 is 1.48 bits per heavy atom. The molecule has 21 heavy (non-hydrogen) atoms. The summed E-state index contributed by atoms with van der Waals surface area (Å²) < 4.78 is 4.75. The first-order valence-electron chi connectivity index (χ1n) is 7.25. The topological polar surface area (TPSA) is 71.7 Å². The van der Waals surface area contributed by atoms with Gasteiger partial charge in [-0.05, 0) is 38.9 Å². The Bertz CT molecular complexity index is 496. The largest absolute Gasteiger partial charge is 0.465 e. The predicted molar refractivity (Wildman–Crippen MR) is 83.5 cm³/mol. The van der Waals surface area contributed by atoms with Crippen LogP contribution in [0.25, 0.3) is 0 Å². The first-order valence-corrected chi connectivity index (χ1v) is 7.25. The molecule has 0 aromatic carbocycles. The van der Waals surface area contributed by atoms with Crippen LogP contribution in [0.15, 0.2) is 12.3 Å². The van der Waals surface area contributed by atoms with Crippen molar-refractivity contribution >= 4 is 17.5 Å². The Morgan fingerprint density at radius 3 is 2.71 bits per heavy atom. The van der Waals surface area contributed by atoms with Crippen molar-refractivity contribution in [1.82, 2.24) is 9.88 Å². The van der Waals surface area contributed by atoms with Crippen LogP contribution >= 0.6 is 0 Å². The lowest BCUT2D eigenvalue weighted by Gasteiger charge is -2.34. The third-order valence-electron chi connectivity index (χ3n) is 3.91. The molecular weight excluding hydrogens is 268 g/mol. The van der Waals surface area contributed by atoms with Gasteiger partial charge < -0.3 is 20.3 Å². The van der Waals surface area contributed by atoms with E-state index in [4.69, 9.17) is 10.5 Å². The van der Waals surface area contributed by atoms with E-state index in [0.717, 1.165) is 32.5 Å². The normalized spacial score (nSPS) is 16.3. The molecule has 0 bridgehead atoms. The molecule has 0 aliphatic carbocycles. The van der Waals surface area contributed by atoms with Crippen molar-refractivity contribution in [3.63, 3.8) is 0 Å². The maximum absolute atomic E-state index is 11.7. The number of aromatic nitrogens is 1. The van der Waals surface area contributed by atoms with Crippen LogP contribution in [-0.4, -0.2) is 56.7 Å². The molecule has 0 unspecified atom stereocenters. The number of carbonyl (C=O) groups excluding carboxylic acids is 1. The first-order chi connectivity index (χ1) is 10.0. The number of nitrogen functional groups attached to an aromatic ring is 1. The SMILES string of the molecule is COC(=O)c1ccnc(N2CCC(CN(C)C)CC2)c1N. The van der Waals surface area contributed by atoms with Crippen LogP contribution in [0.2, 0.25) is 0 Å². The van der Waals surface area contributed by atoms with Gasteiger partial charge in [0, 0.05) is 25.8 Å². The van der Waals surface area contributed by atoms with E-state index in [1.165, 1.54) is 7.11 Å². The number of carbonyl (C=O) groups is 1. The first kappa shape index (κ1) is 15.6. The summed E-state index contributed by atoms with van der Waals surface area (Å²) in [5, 5.41) is 0. The highest BCUT2D eigenvalue weighted by Gasteiger charge is 2.23. The van der Waals surface area contributed by atoms with E-state index in [1.54, 1.807) is 12.3 Å². The van der Waals surface area contributed by atoms with Crippen LogP contribution in [0.4, 0.5) is 11.5 Å². The summed E-state index contributed by atoms with van der Waals surface area (Å²) in [4.78, 5) is 20.4. The summed E-state index contributed by atoms with van der Waals surface area (Å²) in [6.07, 6.45) is 3.84. The van der Waals surface area contributed by atoms with E-state index < -0.39 is 5.97 Å². The van der Waals surface area contributed by atoms with Gasteiger partial charge in [0.25, 0.3) is 0 Å². The number of pyridine rings is 1. The number of hydrogen-bond donors (Lipinski definition) is 1. The fraction of sp³-hybridized carbons (Fsp3) is 0.600. The van der Waals surface area contributed by atoms with Gasteiger partial charge in [-0.2, -0.15) is 0 Å². The minimum Gasteiger partial charge on any atom is -0.465 e. The van der Waals surface area contributed by atoms with Gasteiger partial charge in [-0.3, -0.25) is 0 Å². The molecule has 0 spiro atoms. The highest BCUT2D eigenvalue weighted by Crippen LogP contribution is 2.28. The molecule has 1 aliphatic rings. The monoisotopic (exact) mass is 292 g/mol. The lowest BCUT2D eigenvalue weighted by atomic mass is 9.96. The Morgan fingerprint density at radius 2 is 2.14 bits per heavy atom. The van der Waals surface area contributed by atoms with Crippen LogP contribution in [-0.2, 0) is 4.74 Å². The number of rotatable bonds is 4. The summed E-state index contributed by atoms with van der Waals surface area (Å²) in [6, 6.07) is 1.60. The molecule has 2 N–H and O–H groups in total. The maximum atomic E-state index is 11.7. The van der Waals surface area contributed by atoms with Crippen molar-refractivity contribution in [2.75, 3.05) is 51.5 Å². The lowest BCUT2D eigenvalue weighted by molar-refractivity contribution is 0.0602. The van der Waals surface area contributed by atoms with Gasteiger partial charge >= 0.3 is 5.97 Å². The van der Waals surface area contributed by atoms with Crippen molar-refractivity contribution in [3.05, 3.63) is 17.8 Å². The summed E-state index contributed by atoms with van der Waals surface area (Å²) in [6.45, 7) is 2.94. The second-order valence-electron chi connectivity index (χ2n) is 5.78. The van der Waals surface area contributed by atoms with Crippen molar-refractivity contribution in [2.45, 2.75) is 12.8 Å². The zero-order valence-electron chi connectivity index (χ0n) is 13.0. The van der Waals surface area contributed by atoms with Crippen LogP contribution in [0, 0.1) is 5.92 Å². The van der Waals surface area contributed by atoms with Gasteiger partial charge in [0.05, 0.1) is 18.4 Å². The molecule has 1 aromatic rings. The van der Waals surface area contributed by atoms with E-state index in [1.807, 2.05) is 0 Å². The number of methoxy groups -OCH3 is 1. The Kier molecular flexibility index (Phi) is 5.01. The summed E-state index contributed by atoms with van der Waals surface area (Å²) >= 11 is 0. The van der Waals surface area contributed by atoms with Crippen molar-refractivity contribution in [1.29, 1.82) is 0 Å². The van der Waals surface area contributed by atoms with Gasteiger partial charge in [-0.1, -0.05) is 0 Å². The molecule has 0 amide bonds. The van der Waals surface area contributed by atoms with Crippen LogP contribution in [0.3, 0.4) is 0 Å². The predicted octanol–water partition coefficient (Wildman–Crippen LogP) is 1.23. The molecule has 0 atom stereocenters. The number of esters is 1. The molecule has 2 heterocycles.